The van der Waals surface area contributed by atoms with E-state index in [2.05, 4.69) is 5.32 Å². The van der Waals surface area contributed by atoms with Crippen LogP contribution in [0, 0.1) is 5.82 Å². The topological polar surface area (TPSA) is 75.6 Å². The van der Waals surface area contributed by atoms with Crippen molar-refractivity contribution >= 4 is 11.9 Å². The lowest BCUT2D eigenvalue weighted by molar-refractivity contribution is -0.137. The molecule has 0 atom stereocenters. The van der Waals surface area contributed by atoms with Crippen molar-refractivity contribution in [2.45, 2.75) is 25.7 Å². The van der Waals surface area contributed by atoms with E-state index in [-0.39, 0.29) is 12.0 Å². The van der Waals surface area contributed by atoms with E-state index in [0.29, 0.717) is 31.6 Å². The van der Waals surface area contributed by atoms with Gasteiger partial charge in [-0.05, 0) is 31.0 Å². The monoisotopic (exact) mass is 283 g/mol. The maximum absolute atomic E-state index is 13.1. The lowest BCUT2D eigenvalue weighted by atomic mass is 10.1. The normalized spacial score (nSPS) is 10.1. The first-order valence-electron chi connectivity index (χ1n) is 6.38. The molecule has 6 heteroatoms. The first kappa shape index (κ1) is 15.9. The maximum atomic E-state index is 13.1. The molecule has 0 fully saturated rings. The molecule has 0 aliphatic rings. The van der Waals surface area contributed by atoms with E-state index in [0.717, 1.165) is 6.07 Å². The Morgan fingerprint density at radius 1 is 1.30 bits per heavy atom. The predicted octanol–water partition coefficient (Wildman–Crippen LogP) is 2.21. The van der Waals surface area contributed by atoms with Gasteiger partial charge in [0.1, 0.15) is 11.6 Å². The number of unbranched alkanes of at least 4 members (excludes halogenated alkanes) is 2. The van der Waals surface area contributed by atoms with Crippen molar-refractivity contribution in [1.29, 1.82) is 0 Å². The summed E-state index contributed by atoms with van der Waals surface area (Å²) in [5.41, 5.74) is 0.151. The quantitative estimate of drug-likeness (QED) is 0.717. The average Bonchev–Trinajstić information content (AvgIpc) is 2.42. The highest BCUT2D eigenvalue weighted by molar-refractivity contribution is 5.96. The van der Waals surface area contributed by atoms with Crippen molar-refractivity contribution in [2.24, 2.45) is 0 Å². The molecule has 1 amide bonds. The van der Waals surface area contributed by atoms with E-state index in [1.165, 1.54) is 19.2 Å². The summed E-state index contributed by atoms with van der Waals surface area (Å²) < 4.78 is 18.1. The van der Waals surface area contributed by atoms with Gasteiger partial charge in [-0.3, -0.25) is 9.59 Å². The molecule has 0 heterocycles. The minimum Gasteiger partial charge on any atom is -0.496 e. The number of carboxylic acids is 1. The minimum absolute atomic E-state index is 0.131. The van der Waals surface area contributed by atoms with Crippen LogP contribution in [-0.4, -0.2) is 30.6 Å². The lowest BCUT2D eigenvalue weighted by Crippen LogP contribution is -2.25. The minimum atomic E-state index is -0.821. The number of hydrogen-bond acceptors (Lipinski definition) is 3. The van der Waals surface area contributed by atoms with E-state index < -0.39 is 17.7 Å². The van der Waals surface area contributed by atoms with Crippen molar-refractivity contribution < 1.29 is 23.8 Å². The molecule has 0 radical (unpaired) electrons. The predicted molar refractivity (Wildman–Crippen MR) is 71.4 cm³/mol. The van der Waals surface area contributed by atoms with Gasteiger partial charge in [-0.2, -0.15) is 0 Å². The second-order valence-corrected chi connectivity index (χ2v) is 4.30. The molecule has 0 bridgehead atoms. The van der Waals surface area contributed by atoms with Crippen LogP contribution in [0.25, 0.3) is 0 Å². The van der Waals surface area contributed by atoms with Gasteiger partial charge in [-0.15, -0.1) is 0 Å². The Morgan fingerprint density at radius 3 is 2.70 bits per heavy atom. The van der Waals surface area contributed by atoms with Crippen LogP contribution < -0.4 is 10.1 Å². The highest BCUT2D eigenvalue weighted by Crippen LogP contribution is 2.19. The van der Waals surface area contributed by atoms with Crippen LogP contribution in [0.3, 0.4) is 0 Å². The van der Waals surface area contributed by atoms with Crippen LogP contribution in [0.15, 0.2) is 18.2 Å². The number of hydrogen-bond donors (Lipinski definition) is 2. The number of amides is 1. The lowest BCUT2D eigenvalue weighted by Gasteiger charge is -2.09. The third-order valence-electron chi connectivity index (χ3n) is 2.76. The molecule has 1 aromatic carbocycles. The molecule has 0 aliphatic heterocycles. The first-order chi connectivity index (χ1) is 9.54. The number of methoxy groups -OCH3 is 1. The molecule has 5 nitrogen and oxygen atoms in total. The number of carbonyl (C=O) groups excluding carboxylic acids is 1. The summed E-state index contributed by atoms with van der Waals surface area (Å²) in [5.74, 6) is -1.41. The fourth-order valence-corrected chi connectivity index (χ4v) is 1.73. The van der Waals surface area contributed by atoms with Crippen LogP contribution >= 0.6 is 0 Å². The summed E-state index contributed by atoms with van der Waals surface area (Å²) >= 11 is 0. The second kappa shape index (κ2) is 8.14. The first-order valence-corrected chi connectivity index (χ1v) is 6.38. The number of ether oxygens (including phenoxy) is 1. The zero-order chi connectivity index (χ0) is 15.0. The Hall–Kier alpha value is -2.11. The molecule has 1 rings (SSSR count). The molecule has 0 aromatic heterocycles. The third-order valence-corrected chi connectivity index (χ3v) is 2.76. The number of rotatable bonds is 8. The SMILES string of the molecule is COc1ccc(F)cc1C(=O)NCCCCCC(=O)O. The molecule has 0 spiro atoms. The Morgan fingerprint density at radius 2 is 2.05 bits per heavy atom. The van der Waals surface area contributed by atoms with Gasteiger partial charge >= 0.3 is 5.97 Å². The van der Waals surface area contributed by atoms with Gasteiger partial charge < -0.3 is 15.2 Å². The summed E-state index contributed by atoms with van der Waals surface area (Å²) in [7, 11) is 1.41. The van der Waals surface area contributed by atoms with Crippen LogP contribution in [-0.2, 0) is 4.79 Å². The molecule has 0 saturated heterocycles. The number of carboxylic acid groups (broad SMARTS) is 1. The fraction of sp³-hybridized carbons (Fsp3) is 0.429. The highest BCUT2D eigenvalue weighted by atomic mass is 19.1. The van der Waals surface area contributed by atoms with E-state index in [4.69, 9.17) is 9.84 Å². The molecule has 0 aliphatic carbocycles. The zero-order valence-electron chi connectivity index (χ0n) is 11.3. The van der Waals surface area contributed by atoms with Crippen LogP contribution in [0.1, 0.15) is 36.0 Å². The van der Waals surface area contributed by atoms with Gasteiger partial charge in [0.05, 0.1) is 12.7 Å². The van der Waals surface area contributed by atoms with Gasteiger partial charge in [-0.1, -0.05) is 6.42 Å². The standard InChI is InChI=1S/C14H18FNO4/c1-20-12-7-6-10(15)9-11(12)14(19)16-8-4-2-3-5-13(17)18/h6-7,9H,2-5,8H2,1H3,(H,16,19)(H,17,18). The zero-order valence-corrected chi connectivity index (χ0v) is 11.3. The largest absolute Gasteiger partial charge is 0.496 e. The van der Waals surface area contributed by atoms with Gasteiger partial charge in [0.15, 0.2) is 0 Å². The fourth-order valence-electron chi connectivity index (χ4n) is 1.73. The summed E-state index contributed by atoms with van der Waals surface area (Å²) in [4.78, 5) is 22.2. The number of carbonyl (C=O) groups is 2. The van der Waals surface area contributed by atoms with Gasteiger partial charge in [0.25, 0.3) is 5.91 Å². The Bertz CT molecular complexity index is 476. The third kappa shape index (κ3) is 5.26. The van der Waals surface area contributed by atoms with Crippen LogP contribution in [0.4, 0.5) is 4.39 Å². The van der Waals surface area contributed by atoms with Crippen molar-refractivity contribution in [3.05, 3.63) is 29.6 Å². The summed E-state index contributed by atoms with van der Waals surface area (Å²) in [5, 5.41) is 11.1. The van der Waals surface area contributed by atoms with Gasteiger partial charge in [0.2, 0.25) is 0 Å². The smallest absolute Gasteiger partial charge is 0.303 e. The molecule has 110 valence electrons. The molecule has 1 aromatic rings. The second-order valence-electron chi connectivity index (χ2n) is 4.30. The number of benzene rings is 1. The highest BCUT2D eigenvalue weighted by Gasteiger charge is 2.12. The molecule has 0 saturated carbocycles. The van der Waals surface area contributed by atoms with Crippen molar-refractivity contribution in [1.82, 2.24) is 5.32 Å². The summed E-state index contributed by atoms with van der Waals surface area (Å²) in [6.45, 7) is 0.415. The number of halogens is 1. The van der Waals surface area contributed by atoms with Gasteiger partial charge in [0, 0.05) is 13.0 Å². The molecular weight excluding hydrogens is 265 g/mol. The number of nitrogens with one attached hydrogen (secondary N) is 1. The van der Waals surface area contributed by atoms with E-state index >= 15 is 0 Å². The maximum Gasteiger partial charge on any atom is 0.303 e. The van der Waals surface area contributed by atoms with E-state index in [9.17, 15) is 14.0 Å². The van der Waals surface area contributed by atoms with Crippen LogP contribution in [0.5, 0.6) is 5.75 Å². The summed E-state index contributed by atoms with van der Waals surface area (Å²) in [6, 6.07) is 3.75. The van der Waals surface area contributed by atoms with Gasteiger partial charge in [-0.25, -0.2) is 4.39 Å². The van der Waals surface area contributed by atoms with Crippen molar-refractivity contribution in [2.75, 3.05) is 13.7 Å². The Labute approximate surface area is 116 Å². The van der Waals surface area contributed by atoms with Crippen LogP contribution in [0.2, 0.25) is 0 Å². The Balaban J connectivity index is 2.39. The molecule has 2 N–H and O–H groups in total. The van der Waals surface area contributed by atoms with Crippen molar-refractivity contribution in [3.63, 3.8) is 0 Å². The number of aliphatic carboxylic acids is 1. The van der Waals surface area contributed by atoms with E-state index in [1.54, 1.807) is 0 Å². The molecule has 0 unspecified atom stereocenters. The Kier molecular flexibility index (Phi) is 6.49. The summed E-state index contributed by atoms with van der Waals surface area (Å²) in [6.07, 6.45) is 2.10. The average molecular weight is 283 g/mol. The van der Waals surface area contributed by atoms with Crippen molar-refractivity contribution in [3.8, 4) is 5.75 Å². The molecule has 20 heavy (non-hydrogen) atoms. The van der Waals surface area contributed by atoms with E-state index in [1.807, 2.05) is 0 Å². The molecular formula is C14H18FNO4.